The third-order valence-corrected chi connectivity index (χ3v) is 7.57. The van der Waals surface area contributed by atoms with E-state index in [2.05, 4.69) is 29.2 Å². The molecule has 1 aliphatic carbocycles. The summed E-state index contributed by atoms with van der Waals surface area (Å²) >= 11 is 0. The van der Waals surface area contributed by atoms with Gasteiger partial charge >= 0.3 is 0 Å². The predicted octanol–water partition coefficient (Wildman–Crippen LogP) is 3.15. The van der Waals surface area contributed by atoms with Crippen molar-refractivity contribution in [3.05, 3.63) is 46.9 Å². The van der Waals surface area contributed by atoms with E-state index >= 15 is 0 Å². The number of rotatable bonds is 6. The smallest absolute Gasteiger partial charge is 0.292 e. The number of carbonyl (C=O) groups excluding carboxylic acids is 1. The summed E-state index contributed by atoms with van der Waals surface area (Å²) in [4.78, 5) is 18.0. The molecule has 0 N–H and O–H groups in total. The van der Waals surface area contributed by atoms with Crippen molar-refractivity contribution in [1.29, 1.82) is 0 Å². The topological polar surface area (TPSA) is 51.2 Å². The van der Waals surface area contributed by atoms with Crippen molar-refractivity contribution in [3.8, 4) is 0 Å². The van der Waals surface area contributed by atoms with Crippen molar-refractivity contribution in [2.45, 2.75) is 57.6 Å². The molecule has 0 bridgehead atoms. The molecule has 0 saturated carbocycles. The van der Waals surface area contributed by atoms with Crippen molar-refractivity contribution >= 4 is 5.91 Å². The highest BCUT2D eigenvalue weighted by Crippen LogP contribution is 2.29. The molecular weight excluding hydrogens is 404 g/mol. The largest absolute Gasteiger partial charge is 0.491 e. The van der Waals surface area contributed by atoms with Gasteiger partial charge in [0.2, 0.25) is 5.76 Å². The zero-order valence-electron chi connectivity index (χ0n) is 19.3. The first-order chi connectivity index (χ1) is 15.7. The first-order valence-corrected chi connectivity index (χ1v) is 12.4. The Morgan fingerprint density at radius 3 is 2.38 bits per heavy atom. The normalized spacial score (nSPS) is 24.8. The molecule has 1 atom stereocenters. The summed E-state index contributed by atoms with van der Waals surface area (Å²) in [6.07, 6.45) is 6.87. The van der Waals surface area contributed by atoms with Gasteiger partial charge in [-0.3, -0.25) is 9.69 Å². The van der Waals surface area contributed by atoms with E-state index in [9.17, 15) is 4.79 Å². The van der Waals surface area contributed by atoms with E-state index in [0.29, 0.717) is 43.2 Å². The molecular formula is C26H36N2O4. The van der Waals surface area contributed by atoms with Gasteiger partial charge in [-0.2, -0.15) is 0 Å². The van der Waals surface area contributed by atoms with Gasteiger partial charge in [-0.1, -0.05) is 24.3 Å². The lowest BCUT2D eigenvalue weighted by Gasteiger charge is -2.38. The van der Waals surface area contributed by atoms with E-state index in [4.69, 9.17) is 14.2 Å². The van der Waals surface area contributed by atoms with Crippen molar-refractivity contribution in [3.63, 3.8) is 0 Å². The minimum atomic E-state index is -0.0358. The summed E-state index contributed by atoms with van der Waals surface area (Å²) in [5.74, 6) is 1.47. The molecule has 1 aromatic rings. The van der Waals surface area contributed by atoms with E-state index in [0.717, 1.165) is 51.9 Å². The first-order valence-electron chi connectivity index (χ1n) is 12.4. The van der Waals surface area contributed by atoms with E-state index in [1.54, 1.807) is 0 Å². The molecule has 0 aromatic heterocycles. The monoisotopic (exact) mass is 440 g/mol. The van der Waals surface area contributed by atoms with Gasteiger partial charge in [0.1, 0.15) is 19.0 Å². The van der Waals surface area contributed by atoms with Crippen molar-refractivity contribution in [2.75, 3.05) is 46.0 Å². The predicted molar refractivity (Wildman–Crippen MR) is 122 cm³/mol. The minimum Gasteiger partial charge on any atom is -0.491 e. The molecule has 1 amide bonds. The molecule has 0 spiro atoms. The zero-order valence-corrected chi connectivity index (χ0v) is 19.3. The molecule has 1 unspecified atom stereocenters. The van der Waals surface area contributed by atoms with Crippen LogP contribution in [0.15, 0.2) is 35.8 Å². The Labute approximate surface area is 191 Å². The third-order valence-electron chi connectivity index (χ3n) is 7.57. The molecule has 4 aliphatic rings. The lowest BCUT2D eigenvalue weighted by molar-refractivity contribution is -0.135. The fourth-order valence-electron chi connectivity index (χ4n) is 5.74. The Morgan fingerprint density at radius 1 is 1.00 bits per heavy atom. The second-order valence-corrected chi connectivity index (χ2v) is 9.74. The Kier molecular flexibility index (Phi) is 6.69. The van der Waals surface area contributed by atoms with Gasteiger partial charge in [0.05, 0.1) is 6.10 Å². The molecule has 6 heteroatoms. The maximum Gasteiger partial charge on any atom is 0.292 e. The van der Waals surface area contributed by atoms with Gasteiger partial charge in [-0.05, 0) is 75.6 Å². The highest BCUT2D eigenvalue weighted by molar-refractivity contribution is 5.92. The summed E-state index contributed by atoms with van der Waals surface area (Å²) in [5, 5.41) is 0. The van der Waals surface area contributed by atoms with Crippen LogP contribution in [0.25, 0.3) is 0 Å². The van der Waals surface area contributed by atoms with E-state index < -0.39 is 0 Å². The average Bonchev–Trinajstić information content (AvgIpc) is 3.49. The Bertz CT molecular complexity index is 815. The van der Waals surface area contributed by atoms with Crippen molar-refractivity contribution in [2.24, 2.45) is 5.92 Å². The number of carbonyl (C=O) groups is 1. The van der Waals surface area contributed by atoms with Gasteiger partial charge in [0.15, 0.2) is 0 Å². The molecule has 2 fully saturated rings. The lowest BCUT2D eigenvalue weighted by atomic mass is 9.94. The second-order valence-electron chi connectivity index (χ2n) is 9.74. The van der Waals surface area contributed by atoms with Crippen LogP contribution in [0.1, 0.15) is 43.7 Å². The van der Waals surface area contributed by atoms with Crippen LogP contribution in [-0.2, 0) is 31.8 Å². The summed E-state index contributed by atoms with van der Waals surface area (Å²) < 4.78 is 17.2. The number of piperidine rings is 1. The molecule has 5 rings (SSSR count). The van der Waals surface area contributed by atoms with Crippen LogP contribution in [0.5, 0.6) is 0 Å². The quantitative estimate of drug-likeness (QED) is 0.680. The molecule has 3 heterocycles. The Hall–Kier alpha value is -2.05. The third kappa shape index (κ3) is 4.81. The number of likely N-dealkylation sites (tertiary alicyclic amines) is 1. The highest BCUT2D eigenvalue weighted by atomic mass is 16.6. The summed E-state index contributed by atoms with van der Waals surface area (Å²) in [6.45, 7) is 7.24. The Balaban J connectivity index is 1.19. The summed E-state index contributed by atoms with van der Waals surface area (Å²) in [6, 6.07) is 9.52. The molecule has 2 saturated heterocycles. The molecule has 0 radical (unpaired) electrons. The molecule has 174 valence electrons. The number of benzene rings is 1. The second kappa shape index (κ2) is 9.84. The van der Waals surface area contributed by atoms with Crippen LogP contribution in [-0.4, -0.2) is 73.9 Å². The maximum atomic E-state index is 13.4. The van der Waals surface area contributed by atoms with Crippen LogP contribution in [0, 0.1) is 5.92 Å². The number of hydrogen-bond acceptors (Lipinski definition) is 5. The molecule has 32 heavy (non-hydrogen) atoms. The van der Waals surface area contributed by atoms with Crippen molar-refractivity contribution in [1.82, 2.24) is 9.80 Å². The van der Waals surface area contributed by atoms with E-state index in [1.165, 1.54) is 24.0 Å². The summed E-state index contributed by atoms with van der Waals surface area (Å²) in [5.41, 5.74) is 3.04. The lowest BCUT2D eigenvalue weighted by Crippen LogP contribution is -2.47. The van der Waals surface area contributed by atoms with Gasteiger partial charge < -0.3 is 19.1 Å². The van der Waals surface area contributed by atoms with Gasteiger partial charge in [-0.15, -0.1) is 0 Å². The van der Waals surface area contributed by atoms with Crippen LogP contribution >= 0.6 is 0 Å². The van der Waals surface area contributed by atoms with Crippen LogP contribution in [0.4, 0.5) is 0 Å². The van der Waals surface area contributed by atoms with Gasteiger partial charge in [0.25, 0.3) is 5.91 Å². The summed E-state index contributed by atoms with van der Waals surface area (Å²) in [7, 11) is 0. The first kappa shape index (κ1) is 21.8. The highest BCUT2D eigenvalue weighted by Gasteiger charge is 2.33. The van der Waals surface area contributed by atoms with Gasteiger partial charge in [-0.25, -0.2) is 0 Å². The zero-order chi connectivity index (χ0) is 21.9. The van der Waals surface area contributed by atoms with Crippen LogP contribution < -0.4 is 0 Å². The Morgan fingerprint density at radius 2 is 1.72 bits per heavy atom. The van der Waals surface area contributed by atoms with E-state index in [1.807, 2.05) is 11.8 Å². The maximum absolute atomic E-state index is 13.4. The molecule has 6 nitrogen and oxygen atoms in total. The van der Waals surface area contributed by atoms with Crippen molar-refractivity contribution < 1.29 is 19.0 Å². The fourth-order valence-corrected chi connectivity index (χ4v) is 5.74. The fraction of sp³-hybridized carbons (Fsp3) is 0.654. The number of allylic oxidation sites excluding steroid dienone is 1. The number of ether oxygens (including phenoxy) is 3. The van der Waals surface area contributed by atoms with Gasteiger partial charge in [0, 0.05) is 25.7 Å². The number of hydrogen-bond donors (Lipinski definition) is 0. The van der Waals surface area contributed by atoms with Crippen LogP contribution in [0.2, 0.25) is 0 Å². The van der Waals surface area contributed by atoms with E-state index in [-0.39, 0.29) is 12.0 Å². The molecule has 1 aromatic carbocycles. The number of nitrogens with zero attached hydrogens (tertiary/aromatic N) is 2. The number of fused-ring (bicyclic) bond motifs is 1. The van der Waals surface area contributed by atoms with Crippen LogP contribution in [0.3, 0.4) is 0 Å². The SMILES string of the molecule is CC1=C(C(=O)N(CC2CCN(C3Cc4ccccc4C3)CC2)CC2CCCO2)OCCO1. The minimum absolute atomic E-state index is 0.0358. The number of amides is 1. The molecule has 3 aliphatic heterocycles. The standard InChI is InChI=1S/C26H36N2O4/c1-19-25(32-14-13-30-19)26(29)28(18-24-7-4-12-31-24)17-20-8-10-27(11-9-20)23-15-21-5-2-3-6-22(21)16-23/h2-3,5-6,20,23-24H,4,7-18H2,1H3. The average molecular weight is 441 g/mol.